The van der Waals surface area contributed by atoms with E-state index >= 15 is 0 Å². The fourth-order valence-electron chi connectivity index (χ4n) is 5.19. The van der Waals surface area contributed by atoms with Crippen LogP contribution in [0.2, 0.25) is 0 Å². The molecule has 2 heteroatoms. The highest BCUT2D eigenvalue weighted by Gasteiger charge is 2.37. The Hall–Kier alpha value is -0.400. The molecular weight excluding hydrogens is 278 g/mol. The van der Waals surface area contributed by atoms with Gasteiger partial charge in [-0.05, 0) is 100 Å². The van der Waals surface area contributed by atoms with Gasteiger partial charge in [-0.25, -0.2) is 8.78 Å². The topological polar surface area (TPSA) is 0 Å². The summed E-state index contributed by atoms with van der Waals surface area (Å²) in [5.41, 5.74) is 0. The van der Waals surface area contributed by atoms with E-state index in [9.17, 15) is 8.78 Å². The quantitative estimate of drug-likeness (QED) is 0.543. The van der Waals surface area contributed by atoms with Crippen LogP contribution in [0, 0.1) is 29.6 Å². The maximum atomic E-state index is 13.6. The lowest BCUT2D eigenvalue weighted by atomic mass is 9.65. The van der Waals surface area contributed by atoms with Gasteiger partial charge in [-0.2, -0.15) is 0 Å². The van der Waals surface area contributed by atoms with Gasteiger partial charge >= 0.3 is 0 Å². The van der Waals surface area contributed by atoms with Gasteiger partial charge in [0.25, 0.3) is 0 Å². The van der Waals surface area contributed by atoms with Gasteiger partial charge in [-0.1, -0.05) is 6.08 Å². The van der Waals surface area contributed by atoms with Gasteiger partial charge < -0.3 is 0 Å². The lowest BCUT2D eigenvalue weighted by Gasteiger charge is -2.40. The van der Waals surface area contributed by atoms with Crippen LogP contribution in [0.4, 0.5) is 8.78 Å². The Morgan fingerprint density at radius 3 is 2.00 bits per heavy atom. The number of hydrogen-bond acceptors (Lipinski definition) is 0. The van der Waals surface area contributed by atoms with Crippen molar-refractivity contribution in [2.45, 2.75) is 83.0 Å². The Balaban J connectivity index is 1.44. The minimum atomic E-state index is -1.19. The van der Waals surface area contributed by atoms with Crippen LogP contribution in [-0.2, 0) is 0 Å². The normalized spacial score (nSPS) is 42.2. The molecule has 125 valence electrons. The third-order valence-corrected chi connectivity index (χ3v) is 6.76. The summed E-state index contributed by atoms with van der Waals surface area (Å²) in [5, 5.41) is 0. The number of alkyl halides is 2. The highest BCUT2D eigenvalue weighted by atomic mass is 19.2. The molecule has 3 fully saturated rings. The average molecular weight is 309 g/mol. The molecule has 0 bridgehead atoms. The summed E-state index contributed by atoms with van der Waals surface area (Å²) in [6, 6.07) is 0. The van der Waals surface area contributed by atoms with E-state index in [2.05, 4.69) is 12.7 Å². The molecule has 0 aromatic carbocycles. The van der Waals surface area contributed by atoms with E-state index in [-0.39, 0.29) is 0 Å². The standard InChI is InChI=1S/C20H31F2/c1-2-14-3-5-15(6-4-14)16-7-9-17(10-8-16)18-11-12-19(21)20(22)13-18/h2,14,16-20H,1,3-13H2. The Labute approximate surface area is 134 Å². The Kier molecular flexibility index (Phi) is 5.57. The van der Waals surface area contributed by atoms with Crippen LogP contribution in [0.25, 0.3) is 0 Å². The van der Waals surface area contributed by atoms with Crippen LogP contribution in [0.5, 0.6) is 0 Å². The Morgan fingerprint density at radius 2 is 1.41 bits per heavy atom. The van der Waals surface area contributed by atoms with Crippen molar-refractivity contribution in [3.63, 3.8) is 0 Å². The first kappa shape index (κ1) is 16.5. The summed E-state index contributed by atoms with van der Waals surface area (Å²) in [6.07, 6.45) is 11.8. The zero-order chi connectivity index (χ0) is 15.5. The fraction of sp³-hybridized carbons (Fsp3) is 0.850. The van der Waals surface area contributed by atoms with Crippen molar-refractivity contribution in [2.24, 2.45) is 23.7 Å². The molecule has 0 saturated heterocycles. The van der Waals surface area contributed by atoms with E-state index in [0.717, 1.165) is 18.3 Å². The smallest absolute Gasteiger partial charge is 0.131 e. The molecule has 3 aliphatic rings. The van der Waals surface area contributed by atoms with Crippen LogP contribution >= 0.6 is 0 Å². The predicted octanol–water partition coefficient (Wildman–Crippen LogP) is 6.22. The van der Waals surface area contributed by atoms with Gasteiger partial charge in [0, 0.05) is 0 Å². The number of hydrogen-bond donors (Lipinski definition) is 0. The van der Waals surface area contributed by atoms with Crippen molar-refractivity contribution in [3.05, 3.63) is 18.6 Å². The van der Waals surface area contributed by atoms with Gasteiger partial charge in [-0.15, -0.1) is 6.58 Å². The number of rotatable bonds is 3. The number of halogens is 2. The number of allylic oxidation sites excluding steroid dienone is 1. The van der Waals surface area contributed by atoms with Crippen molar-refractivity contribution < 1.29 is 8.78 Å². The van der Waals surface area contributed by atoms with Gasteiger partial charge in [0.15, 0.2) is 0 Å². The summed E-state index contributed by atoms with van der Waals surface area (Å²) in [5.74, 6) is 4.46. The van der Waals surface area contributed by atoms with Gasteiger partial charge in [0.1, 0.15) is 12.3 Å². The molecule has 0 heterocycles. The molecule has 3 rings (SSSR count). The first-order valence-electron chi connectivity index (χ1n) is 9.42. The van der Waals surface area contributed by atoms with E-state index in [4.69, 9.17) is 0 Å². The van der Waals surface area contributed by atoms with Crippen molar-refractivity contribution in [1.29, 1.82) is 0 Å². The molecule has 0 N–H and O–H groups in total. The maximum absolute atomic E-state index is 13.6. The van der Waals surface area contributed by atoms with Crippen molar-refractivity contribution in [3.8, 4) is 0 Å². The molecule has 0 aromatic heterocycles. The second-order valence-electron chi connectivity index (χ2n) is 7.95. The Bertz CT molecular complexity index is 351. The minimum Gasteiger partial charge on any atom is -0.244 e. The second-order valence-corrected chi connectivity index (χ2v) is 7.95. The molecular formula is C20H31F2. The molecule has 0 nitrogen and oxygen atoms in total. The SMILES string of the molecule is C=CC1CC[C](C2CCC(C3CCC(F)C(F)C3)CC2)CC1. The Morgan fingerprint density at radius 1 is 0.773 bits per heavy atom. The summed E-state index contributed by atoms with van der Waals surface area (Å²) < 4.78 is 26.9. The first-order valence-corrected chi connectivity index (χ1v) is 9.42. The van der Waals surface area contributed by atoms with Crippen LogP contribution in [0.1, 0.15) is 70.6 Å². The third-order valence-electron chi connectivity index (χ3n) is 6.76. The van der Waals surface area contributed by atoms with E-state index in [1.807, 2.05) is 0 Å². The largest absolute Gasteiger partial charge is 0.244 e. The first-order chi connectivity index (χ1) is 10.7. The molecule has 3 aliphatic carbocycles. The lowest BCUT2D eigenvalue weighted by molar-refractivity contribution is 0.0548. The van der Waals surface area contributed by atoms with Crippen molar-refractivity contribution in [2.75, 3.05) is 0 Å². The van der Waals surface area contributed by atoms with Crippen molar-refractivity contribution in [1.82, 2.24) is 0 Å². The summed E-state index contributed by atoms with van der Waals surface area (Å²) in [7, 11) is 0. The van der Waals surface area contributed by atoms with Gasteiger partial charge in [0.2, 0.25) is 0 Å². The molecule has 0 aliphatic heterocycles. The molecule has 0 amide bonds. The summed E-state index contributed by atoms with van der Waals surface area (Å²) >= 11 is 0. The van der Waals surface area contributed by atoms with E-state index < -0.39 is 12.3 Å². The maximum Gasteiger partial charge on any atom is 0.131 e. The molecule has 3 unspecified atom stereocenters. The molecule has 3 atom stereocenters. The fourth-order valence-corrected chi connectivity index (χ4v) is 5.19. The van der Waals surface area contributed by atoms with E-state index in [1.54, 1.807) is 5.92 Å². The van der Waals surface area contributed by atoms with Crippen LogP contribution in [-0.4, -0.2) is 12.3 Å². The summed E-state index contributed by atoms with van der Waals surface area (Å²) in [6.45, 7) is 3.93. The van der Waals surface area contributed by atoms with Crippen LogP contribution < -0.4 is 0 Å². The minimum absolute atomic E-state index is 0.449. The highest BCUT2D eigenvalue weighted by Crippen LogP contribution is 2.46. The highest BCUT2D eigenvalue weighted by molar-refractivity contribution is 5.03. The molecule has 1 radical (unpaired) electrons. The van der Waals surface area contributed by atoms with Crippen LogP contribution in [0.3, 0.4) is 0 Å². The van der Waals surface area contributed by atoms with Gasteiger partial charge in [-0.3, -0.25) is 0 Å². The van der Waals surface area contributed by atoms with Crippen LogP contribution in [0.15, 0.2) is 12.7 Å². The second kappa shape index (κ2) is 7.45. The van der Waals surface area contributed by atoms with E-state index in [1.165, 1.54) is 51.4 Å². The lowest BCUT2D eigenvalue weighted by Crippen LogP contribution is -2.33. The molecule has 22 heavy (non-hydrogen) atoms. The molecule has 3 saturated carbocycles. The molecule has 0 spiro atoms. The predicted molar refractivity (Wildman–Crippen MR) is 88.0 cm³/mol. The van der Waals surface area contributed by atoms with E-state index in [0.29, 0.717) is 24.7 Å². The zero-order valence-corrected chi connectivity index (χ0v) is 13.8. The third kappa shape index (κ3) is 3.74. The molecule has 0 aromatic rings. The van der Waals surface area contributed by atoms with Gasteiger partial charge in [0.05, 0.1) is 0 Å². The zero-order valence-electron chi connectivity index (χ0n) is 13.8. The average Bonchev–Trinajstić information content (AvgIpc) is 2.58. The summed E-state index contributed by atoms with van der Waals surface area (Å²) in [4.78, 5) is 0. The van der Waals surface area contributed by atoms with Crippen molar-refractivity contribution >= 4 is 0 Å². The monoisotopic (exact) mass is 309 g/mol.